The Morgan fingerprint density at radius 2 is 2.11 bits per heavy atom. The molecule has 106 valence electrons. The Morgan fingerprint density at radius 1 is 1.47 bits per heavy atom. The van der Waals surface area contributed by atoms with E-state index in [1.54, 1.807) is 10.3 Å². The summed E-state index contributed by atoms with van der Waals surface area (Å²) in [5.74, 6) is -1.64. The minimum Gasteiger partial charge on any atom is -0.348 e. The lowest BCUT2D eigenvalue weighted by molar-refractivity contribution is -0.179. The minimum absolute atomic E-state index is 0.0713. The van der Waals surface area contributed by atoms with Gasteiger partial charge in [-0.2, -0.15) is 13.2 Å². The topological polar surface area (TPSA) is 33.2 Å². The summed E-state index contributed by atoms with van der Waals surface area (Å²) in [4.78, 5) is 17.2. The zero-order chi connectivity index (χ0) is 14.0. The molecule has 2 heterocycles. The molecule has 1 aliphatic rings. The van der Waals surface area contributed by atoms with Gasteiger partial charge in [0.1, 0.15) is 5.69 Å². The van der Waals surface area contributed by atoms with Gasteiger partial charge in [0.05, 0.1) is 11.8 Å². The van der Waals surface area contributed by atoms with Gasteiger partial charge in [0.25, 0.3) is 0 Å². The molecule has 0 aromatic carbocycles. The largest absolute Gasteiger partial charge is 0.391 e. The Labute approximate surface area is 117 Å². The molecule has 0 aliphatic carbocycles. The highest BCUT2D eigenvalue weighted by molar-refractivity contribution is 7.14. The normalized spacial score (nSPS) is 17.8. The van der Waals surface area contributed by atoms with E-state index in [4.69, 9.17) is 11.6 Å². The number of piperidine rings is 1. The number of aromatic nitrogens is 1. The number of nitrogens with zero attached hydrogens (tertiary/aromatic N) is 2. The van der Waals surface area contributed by atoms with Crippen LogP contribution in [0.3, 0.4) is 0 Å². The van der Waals surface area contributed by atoms with Crippen LogP contribution >= 0.6 is 22.9 Å². The van der Waals surface area contributed by atoms with E-state index in [1.807, 2.05) is 0 Å². The summed E-state index contributed by atoms with van der Waals surface area (Å²) in [7, 11) is 0. The van der Waals surface area contributed by atoms with Crippen molar-refractivity contribution in [3.8, 4) is 0 Å². The van der Waals surface area contributed by atoms with Crippen LogP contribution in [-0.4, -0.2) is 35.9 Å². The molecule has 1 saturated heterocycles. The van der Waals surface area contributed by atoms with Gasteiger partial charge >= 0.3 is 6.18 Å². The number of alkyl halides is 4. The van der Waals surface area contributed by atoms with Crippen LogP contribution in [-0.2, 0) is 0 Å². The van der Waals surface area contributed by atoms with Gasteiger partial charge in [0.2, 0.25) is 0 Å². The first-order valence-electron chi connectivity index (χ1n) is 5.78. The van der Waals surface area contributed by atoms with Crippen LogP contribution in [0.2, 0.25) is 0 Å². The molecule has 0 amide bonds. The second-order valence-electron chi connectivity index (χ2n) is 4.38. The number of thiazole rings is 1. The minimum atomic E-state index is -4.12. The van der Waals surface area contributed by atoms with Gasteiger partial charge in [-0.3, -0.25) is 4.79 Å². The molecule has 19 heavy (non-hydrogen) atoms. The third-order valence-electron chi connectivity index (χ3n) is 3.13. The summed E-state index contributed by atoms with van der Waals surface area (Å²) in [5.41, 5.74) is 0.285. The van der Waals surface area contributed by atoms with Gasteiger partial charge in [-0.1, -0.05) is 0 Å². The van der Waals surface area contributed by atoms with E-state index in [2.05, 4.69) is 4.98 Å². The molecule has 1 aromatic heterocycles. The first-order chi connectivity index (χ1) is 8.91. The van der Waals surface area contributed by atoms with E-state index in [9.17, 15) is 18.0 Å². The summed E-state index contributed by atoms with van der Waals surface area (Å²) < 4.78 is 37.6. The molecular weight excluding hydrogens is 301 g/mol. The number of Topliss-reactive ketones (excluding diaryl/α,β-unsaturated/α-hetero) is 1. The lowest BCUT2D eigenvalue weighted by atomic mass is 9.97. The van der Waals surface area contributed by atoms with Crippen LogP contribution in [0.1, 0.15) is 23.3 Å². The molecule has 8 heteroatoms. The van der Waals surface area contributed by atoms with E-state index in [-0.39, 0.29) is 30.2 Å². The van der Waals surface area contributed by atoms with Crippen molar-refractivity contribution in [1.29, 1.82) is 0 Å². The van der Waals surface area contributed by atoms with Crippen molar-refractivity contribution < 1.29 is 18.0 Å². The van der Waals surface area contributed by atoms with Crippen molar-refractivity contribution in [2.24, 2.45) is 5.92 Å². The fourth-order valence-electron chi connectivity index (χ4n) is 2.00. The molecule has 0 bridgehead atoms. The zero-order valence-electron chi connectivity index (χ0n) is 9.91. The van der Waals surface area contributed by atoms with Crippen LogP contribution in [0, 0.1) is 5.92 Å². The van der Waals surface area contributed by atoms with Crippen molar-refractivity contribution in [2.45, 2.75) is 19.0 Å². The van der Waals surface area contributed by atoms with E-state index in [1.165, 1.54) is 11.3 Å². The van der Waals surface area contributed by atoms with Crippen LogP contribution in [0.5, 0.6) is 0 Å². The summed E-state index contributed by atoms with van der Waals surface area (Å²) in [6.07, 6.45) is -3.97. The van der Waals surface area contributed by atoms with Crippen LogP contribution in [0.15, 0.2) is 5.38 Å². The van der Waals surface area contributed by atoms with Gasteiger partial charge in [0.15, 0.2) is 10.9 Å². The predicted molar refractivity (Wildman–Crippen MR) is 68.2 cm³/mol. The Balaban J connectivity index is 1.98. The maximum absolute atomic E-state index is 12.5. The SMILES string of the molecule is O=C(CCl)c1csc(N2CCC(C(F)(F)F)CC2)n1. The van der Waals surface area contributed by atoms with Crippen molar-refractivity contribution in [3.63, 3.8) is 0 Å². The second kappa shape index (κ2) is 5.66. The van der Waals surface area contributed by atoms with Crippen LogP contribution in [0.4, 0.5) is 18.3 Å². The second-order valence-corrected chi connectivity index (χ2v) is 5.48. The molecule has 0 atom stereocenters. The Bertz CT molecular complexity index is 455. The van der Waals surface area contributed by atoms with E-state index in [0.717, 1.165) is 0 Å². The maximum atomic E-state index is 12.5. The van der Waals surface area contributed by atoms with Gasteiger partial charge < -0.3 is 4.90 Å². The lowest BCUT2D eigenvalue weighted by Gasteiger charge is -2.32. The number of ketones is 1. The van der Waals surface area contributed by atoms with Crippen molar-refractivity contribution >= 4 is 33.9 Å². The molecule has 0 spiro atoms. The van der Waals surface area contributed by atoms with Gasteiger partial charge in [0, 0.05) is 18.5 Å². The molecule has 0 saturated carbocycles. The first-order valence-corrected chi connectivity index (χ1v) is 7.19. The number of halogens is 4. The number of rotatable bonds is 3. The van der Waals surface area contributed by atoms with E-state index < -0.39 is 12.1 Å². The Morgan fingerprint density at radius 3 is 2.63 bits per heavy atom. The van der Waals surface area contributed by atoms with Gasteiger partial charge in [-0.25, -0.2) is 4.98 Å². The Hall–Kier alpha value is -0.820. The number of hydrogen-bond acceptors (Lipinski definition) is 4. The summed E-state index contributed by atoms with van der Waals surface area (Å²) in [5, 5.41) is 2.18. The van der Waals surface area contributed by atoms with Gasteiger partial charge in [-0.15, -0.1) is 22.9 Å². The number of hydrogen-bond donors (Lipinski definition) is 0. The monoisotopic (exact) mass is 312 g/mol. The molecule has 0 radical (unpaired) electrons. The Kier molecular flexibility index (Phi) is 4.35. The maximum Gasteiger partial charge on any atom is 0.391 e. The lowest BCUT2D eigenvalue weighted by Crippen LogP contribution is -2.39. The standard InChI is InChI=1S/C11H12ClF3N2OS/c12-5-9(18)8-6-19-10(16-8)17-3-1-7(2-4-17)11(13,14)15/h6-7H,1-5H2. The molecule has 2 rings (SSSR count). The predicted octanol–water partition coefficient (Wildman–Crippen LogP) is 3.34. The fraction of sp³-hybridized carbons (Fsp3) is 0.636. The summed E-state index contributed by atoms with van der Waals surface area (Å²) in [6.45, 7) is 0.623. The highest BCUT2D eigenvalue weighted by Crippen LogP contribution is 2.35. The molecule has 0 N–H and O–H groups in total. The summed E-state index contributed by atoms with van der Waals surface area (Å²) >= 11 is 6.69. The molecule has 1 aliphatic heterocycles. The summed E-state index contributed by atoms with van der Waals surface area (Å²) in [6, 6.07) is 0. The quantitative estimate of drug-likeness (QED) is 0.634. The number of carbonyl (C=O) groups is 1. The highest BCUT2D eigenvalue weighted by Gasteiger charge is 2.41. The molecule has 1 aromatic rings. The average molecular weight is 313 g/mol. The van der Waals surface area contributed by atoms with Crippen molar-refractivity contribution in [1.82, 2.24) is 4.98 Å². The van der Waals surface area contributed by atoms with Gasteiger partial charge in [-0.05, 0) is 12.8 Å². The number of anilines is 1. The highest BCUT2D eigenvalue weighted by atomic mass is 35.5. The molecule has 0 unspecified atom stereocenters. The van der Waals surface area contributed by atoms with E-state index in [0.29, 0.717) is 18.2 Å². The average Bonchev–Trinajstić information content (AvgIpc) is 2.86. The molecule has 1 fully saturated rings. The zero-order valence-corrected chi connectivity index (χ0v) is 11.5. The van der Waals surface area contributed by atoms with E-state index >= 15 is 0 Å². The smallest absolute Gasteiger partial charge is 0.348 e. The van der Waals surface area contributed by atoms with Crippen LogP contribution in [0.25, 0.3) is 0 Å². The molecule has 3 nitrogen and oxygen atoms in total. The first kappa shape index (κ1) is 14.6. The van der Waals surface area contributed by atoms with Crippen molar-refractivity contribution in [3.05, 3.63) is 11.1 Å². The number of carbonyl (C=O) groups excluding carboxylic acids is 1. The fourth-order valence-corrected chi connectivity index (χ4v) is 3.02. The third kappa shape index (κ3) is 3.39. The third-order valence-corrected chi connectivity index (χ3v) is 4.27. The van der Waals surface area contributed by atoms with Crippen LogP contribution < -0.4 is 4.90 Å². The molecular formula is C11H12ClF3N2OS. The van der Waals surface area contributed by atoms with Crippen molar-refractivity contribution in [2.75, 3.05) is 23.9 Å².